The molecule has 2 fully saturated rings. The van der Waals surface area contributed by atoms with Crippen molar-refractivity contribution in [3.63, 3.8) is 0 Å². The Bertz CT molecular complexity index is 765. The topological polar surface area (TPSA) is 51.2 Å². The first-order valence-electron chi connectivity index (χ1n) is 8.29. The average Bonchev–Trinajstić information content (AvgIpc) is 3.14. The molecular weight excluding hydrogens is 304 g/mol. The molecule has 0 saturated carbocycles. The van der Waals surface area contributed by atoms with Gasteiger partial charge >= 0.3 is 0 Å². The lowest BCUT2D eigenvalue weighted by molar-refractivity contribution is -0.152. The monoisotopic (exact) mass is 326 g/mol. The Labute approximate surface area is 142 Å². The quantitative estimate of drug-likeness (QED) is 0.871. The van der Waals surface area contributed by atoms with E-state index in [4.69, 9.17) is 14.2 Å². The summed E-state index contributed by atoms with van der Waals surface area (Å²) in [5.41, 5.74) is 6.47. The molecule has 2 saturated heterocycles. The van der Waals surface area contributed by atoms with Crippen molar-refractivity contribution in [1.29, 1.82) is 0 Å². The lowest BCUT2D eigenvalue weighted by atomic mass is 9.97. The second-order valence-electron chi connectivity index (χ2n) is 6.91. The molecule has 3 unspecified atom stereocenters. The van der Waals surface area contributed by atoms with Crippen molar-refractivity contribution in [2.24, 2.45) is 0 Å². The maximum Gasteiger partial charge on any atom is 0.233 e. The first kappa shape index (κ1) is 15.5. The molecule has 4 nitrogen and oxygen atoms in total. The van der Waals surface area contributed by atoms with Gasteiger partial charge in [-0.3, -0.25) is 0 Å². The highest BCUT2D eigenvalue weighted by Crippen LogP contribution is 2.42. The fourth-order valence-electron chi connectivity index (χ4n) is 3.45. The Morgan fingerprint density at radius 2 is 1.42 bits per heavy atom. The summed E-state index contributed by atoms with van der Waals surface area (Å²) < 4.78 is 16.6. The molecule has 4 heteroatoms. The van der Waals surface area contributed by atoms with Gasteiger partial charge in [-0.15, -0.1) is 0 Å². The highest BCUT2D eigenvalue weighted by Gasteiger charge is 2.60. The van der Waals surface area contributed by atoms with Crippen molar-refractivity contribution in [2.75, 3.05) is 0 Å². The first-order valence-corrected chi connectivity index (χ1v) is 8.29. The molecule has 2 aliphatic rings. The highest BCUT2D eigenvalue weighted by atomic mass is 16.9. The Hall–Kier alpha value is -2.04. The smallest absolute Gasteiger partial charge is 0.233 e. The summed E-state index contributed by atoms with van der Waals surface area (Å²) in [7, 11) is 0. The van der Waals surface area contributed by atoms with E-state index in [-0.39, 0.29) is 18.7 Å². The minimum absolute atomic E-state index is 0.0316. The summed E-state index contributed by atoms with van der Waals surface area (Å²) in [6, 6.07) is 8.40. The van der Waals surface area contributed by atoms with Crippen LogP contribution < -0.4 is 4.74 Å². The van der Waals surface area contributed by atoms with E-state index in [2.05, 4.69) is 26.0 Å². The van der Waals surface area contributed by atoms with Gasteiger partial charge in [0.1, 0.15) is 11.5 Å². The molecule has 0 radical (unpaired) electrons. The molecule has 2 aliphatic heterocycles. The van der Waals surface area contributed by atoms with Gasteiger partial charge in [0, 0.05) is 0 Å². The van der Waals surface area contributed by atoms with Crippen molar-refractivity contribution >= 4 is 0 Å². The van der Waals surface area contributed by atoms with Crippen LogP contribution in [-0.2, 0) is 15.9 Å². The lowest BCUT2D eigenvalue weighted by Gasteiger charge is -2.24. The van der Waals surface area contributed by atoms with Crippen LogP contribution in [0.25, 0.3) is 0 Å². The first-order chi connectivity index (χ1) is 11.4. The number of rotatable bonds is 4. The summed E-state index contributed by atoms with van der Waals surface area (Å²) >= 11 is 0. The van der Waals surface area contributed by atoms with Crippen LogP contribution in [0.2, 0.25) is 0 Å². The van der Waals surface area contributed by atoms with E-state index < -0.39 is 0 Å². The van der Waals surface area contributed by atoms with Gasteiger partial charge in [0.05, 0.1) is 0 Å². The minimum atomic E-state index is -0.263. The Balaban J connectivity index is 1.55. The minimum Gasteiger partial charge on any atom is -0.507 e. The molecule has 2 heterocycles. The van der Waals surface area contributed by atoms with Crippen LogP contribution in [0.3, 0.4) is 0 Å². The molecule has 0 aromatic heterocycles. The second-order valence-corrected chi connectivity index (χ2v) is 6.91. The van der Waals surface area contributed by atoms with E-state index in [1.165, 1.54) is 11.1 Å². The highest BCUT2D eigenvalue weighted by molar-refractivity contribution is 5.47. The van der Waals surface area contributed by atoms with Crippen molar-refractivity contribution in [3.8, 4) is 11.5 Å². The molecule has 2 aromatic rings. The summed E-state index contributed by atoms with van der Waals surface area (Å²) in [6.45, 7) is 7.99. The van der Waals surface area contributed by atoms with Crippen molar-refractivity contribution < 1.29 is 19.3 Å². The van der Waals surface area contributed by atoms with Gasteiger partial charge < -0.3 is 19.3 Å². The molecule has 3 atom stereocenters. The van der Waals surface area contributed by atoms with Crippen molar-refractivity contribution in [3.05, 3.63) is 57.6 Å². The zero-order valence-corrected chi connectivity index (χ0v) is 14.4. The summed E-state index contributed by atoms with van der Waals surface area (Å²) in [5.74, 6) is 1.27. The summed E-state index contributed by atoms with van der Waals surface area (Å²) in [6.07, 6.45) is 0.653. The number of aromatic hydroxyl groups is 1. The van der Waals surface area contributed by atoms with Gasteiger partial charge in [-0.1, -0.05) is 24.3 Å². The lowest BCUT2D eigenvalue weighted by Crippen LogP contribution is -2.38. The van der Waals surface area contributed by atoms with E-state index in [1.54, 1.807) is 0 Å². The molecule has 0 bridgehead atoms. The van der Waals surface area contributed by atoms with Gasteiger partial charge in [0.25, 0.3) is 0 Å². The van der Waals surface area contributed by atoms with E-state index >= 15 is 0 Å². The Kier molecular flexibility index (Phi) is 3.55. The number of benzene rings is 2. The molecule has 4 rings (SSSR count). The zero-order chi connectivity index (χ0) is 17.0. The predicted octanol–water partition coefficient (Wildman–Crippen LogP) is 3.68. The molecule has 24 heavy (non-hydrogen) atoms. The van der Waals surface area contributed by atoms with Gasteiger partial charge in [0.2, 0.25) is 6.29 Å². The van der Waals surface area contributed by atoms with Crippen LogP contribution >= 0.6 is 0 Å². The Morgan fingerprint density at radius 3 is 1.88 bits per heavy atom. The van der Waals surface area contributed by atoms with Gasteiger partial charge in [-0.2, -0.15) is 0 Å². The number of ether oxygens (including phenoxy) is 3. The fraction of sp³-hybridized carbons (Fsp3) is 0.400. The molecule has 2 aromatic carbocycles. The second kappa shape index (κ2) is 5.50. The van der Waals surface area contributed by atoms with E-state index in [0.717, 1.165) is 34.4 Å². The summed E-state index contributed by atoms with van der Waals surface area (Å²) in [4.78, 5) is 0. The van der Waals surface area contributed by atoms with Gasteiger partial charge in [-0.05, 0) is 67.5 Å². The van der Waals surface area contributed by atoms with Crippen molar-refractivity contribution in [2.45, 2.75) is 52.8 Å². The van der Waals surface area contributed by atoms with Crippen LogP contribution in [0.15, 0.2) is 24.3 Å². The number of epoxide rings is 1. The maximum absolute atomic E-state index is 9.92. The molecule has 126 valence electrons. The zero-order valence-electron chi connectivity index (χ0n) is 14.4. The SMILES string of the molecule is Cc1cc(Cc2cc(C)c(OC3OC4OC34)c(C)c2)cc(C)c1O. The van der Waals surface area contributed by atoms with Crippen LogP contribution in [0.1, 0.15) is 33.4 Å². The van der Waals surface area contributed by atoms with Gasteiger partial charge in [0.15, 0.2) is 12.4 Å². The van der Waals surface area contributed by atoms with Crippen LogP contribution in [0.5, 0.6) is 11.5 Å². The molecule has 0 amide bonds. The van der Waals surface area contributed by atoms with E-state index in [1.807, 2.05) is 26.0 Å². The number of hydrogen-bond acceptors (Lipinski definition) is 4. The van der Waals surface area contributed by atoms with Crippen LogP contribution in [0.4, 0.5) is 0 Å². The van der Waals surface area contributed by atoms with Gasteiger partial charge in [-0.25, -0.2) is 0 Å². The van der Waals surface area contributed by atoms with Crippen molar-refractivity contribution in [1.82, 2.24) is 0 Å². The number of hydrogen-bond donors (Lipinski definition) is 1. The number of fused-ring (bicyclic) bond motifs is 1. The fourth-order valence-corrected chi connectivity index (χ4v) is 3.45. The molecule has 0 aliphatic carbocycles. The standard InChI is InChI=1S/C20H22O4/c1-10-5-14(6-11(2)16(10)21)9-15-7-12(3)17(13(4)8-15)22-19-18-20(23-18)24-19/h5-8,18-21H,9H2,1-4H3. The molecular formula is C20H22O4. The van der Waals surface area contributed by atoms with Crippen LogP contribution in [0, 0.1) is 27.7 Å². The third-order valence-corrected chi connectivity index (χ3v) is 4.73. The number of phenolic OH excluding ortho intramolecular Hbond substituents is 1. The Morgan fingerprint density at radius 1 is 0.875 bits per heavy atom. The average molecular weight is 326 g/mol. The number of phenols is 1. The third-order valence-electron chi connectivity index (χ3n) is 4.73. The largest absolute Gasteiger partial charge is 0.507 e. The molecule has 1 N–H and O–H groups in total. The predicted molar refractivity (Wildman–Crippen MR) is 90.5 cm³/mol. The van der Waals surface area contributed by atoms with E-state index in [0.29, 0.717) is 5.75 Å². The normalized spacial score (nSPS) is 24.2. The maximum atomic E-state index is 9.92. The number of aryl methyl sites for hydroxylation is 4. The van der Waals surface area contributed by atoms with Crippen LogP contribution in [-0.4, -0.2) is 23.8 Å². The summed E-state index contributed by atoms with van der Waals surface area (Å²) in [5, 5.41) is 9.92. The third kappa shape index (κ3) is 2.66. The molecule has 0 spiro atoms. The van der Waals surface area contributed by atoms with E-state index in [9.17, 15) is 5.11 Å².